The number of carbonyl (C=O) groups is 1. The Labute approximate surface area is 166 Å². The van der Waals surface area contributed by atoms with Gasteiger partial charge in [-0.2, -0.15) is 0 Å². The van der Waals surface area contributed by atoms with E-state index in [0.29, 0.717) is 23.3 Å². The number of aliphatic imine (C=N–C) groups is 1. The number of nitrogens with one attached hydrogen (secondary N) is 1. The van der Waals surface area contributed by atoms with E-state index in [1.165, 1.54) is 11.8 Å². The van der Waals surface area contributed by atoms with E-state index < -0.39 is 0 Å². The van der Waals surface area contributed by atoms with Crippen LogP contribution in [0.5, 0.6) is 5.75 Å². The summed E-state index contributed by atoms with van der Waals surface area (Å²) in [4.78, 5) is 16.3. The Morgan fingerprint density at radius 1 is 1.41 bits per heavy atom. The molecule has 0 atom stereocenters. The monoisotopic (exact) mass is 403 g/mol. The van der Waals surface area contributed by atoms with E-state index in [0.717, 1.165) is 29.4 Å². The molecule has 3 rings (SSSR count). The molecule has 142 valence electrons. The summed E-state index contributed by atoms with van der Waals surface area (Å²) in [6.07, 6.45) is 2.44. The fraction of sp³-hybridized carbons (Fsp3) is 0.333. The molecular weight excluding hydrogens is 382 g/mol. The third-order valence-electron chi connectivity index (χ3n) is 3.79. The molecule has 2 aromatic rings. The number of amidine groups is 1. The van der Waals surface area contributed by atoms with Crippen molar-refractivity contribution < 1.29 is 9.53 Å². The summed E-state index contributed by atoms with van der Waals surface area (Å²) >= 11 is 2.93. The average Bonchev–Trinajstić information content (AvgIpc) is 3.32. The minimum Gasteiger partial charge on any atom is -0.497 e. The third kappa shape index (κ3) is 5.36. The second-order valence-electron chi connectivity index (χ2n) is 5.70. The van der Waals surface area contributed by atoms with Crippen molar-refractivity contribution in [3.8, 4) is 5.75 Å². The maximum absolute atomic E-state index is 12.1. The van der Waals surface area contributed by atoms with E-state index in [-0.39, 0.29) is 11.7 Å². The predicted octanol–water partition coefficient (Wildman–Crippen LogP) is 2.37. The first-order chi connectivity index (χ1) is 13.2. The molecule has 1 aromatic heterocycles. The van der Waals surface area contributed by atoms with E-state index >= 15 is 0 Å². The van der Waals surface area contributed by atoms with Gasteiger partial charge in [0, 0.05) is 18.7 Å². The van der Waals surface area contributed by atoms with Gasteiger partial charge in [0.25, 0.3) is 0 Å². The van der Waals surface area contributed by atoms with E-state index in [9.17, 15) is 4.79 Å². The summed E-state index contributed by atoms with van der Waals surface area (Å²) in [6.45, 7) is 5.16. The zero-order chi connectivity index (χ0) is 19.1. The molecular formula is C18H21N5O2S2. The molecule has 0 unspecified atom stereocenters. The summed E-state index contributed by atoms with van der Waals surface area (Å²) < 4.78 is 7.17. The van der Waals surface area contributed by atoms with Gasteiger partial charge in [-0.05, 0) is 17.7 Å². The van der Waals surface area contributed by atoms with Crippen molar-refractivity contribution in [2.75, 3.05) is 25.2 Å². The first-order valence-corrected chi connectivity index (χ1v) is 10.4. The van der Waals surface area contributed by atoms with Crippen molar-refractivity contribution in [1.82, 2.24) is 20.1 Å². The van der Waals surface area contributed by atoms with Crippen LogP contribution in [0.3, 0.4) is 0 Å². The van der Waals surface area contributed by atoms with Gasteiger partial charge in [0.15, 0.2) is 10.3 Å². The molecule has 0 saturated carbocycles. The van der Waals surface area contributed by atoms with Gasteiger partial charge >= 0.3 is 0 Å². The van der Waals surface area contributed by atoms with E-state index in [2.05, 4.69) is 27.1 Å². The number of hydrogen-bond acceptors (Lipinski definition) is 7. The maximum atomic E-state index is 12.1. The van der Waals surface area contributed by atoms with Gasteiger partial charge < -0.3 is 14.6 Å². The Morgan fingerprint density at radius 3 is 2.89 bits per heavy atom. The van der Waals surface area contributed by atoms with Gasteiger partial charge in [0.05, 0.1) is 19.4 Å². The van der Waals surface area contributed by atoms with Crippen LogP contribution >= 0.6 is 23.5 Å². The van der Waals surface area contributed by atoms with Crippen molar-refractivity contribution in [2.45, 2.75) is 18.1 Å². The zero-order valence-electron chi connectivity index (χ0n) is 15.1. The number of hydrogen-bond donors (Lipinski definition) is 1. The van der Waals surface area contributed by atoms with Gasteiger partial charge in [0.1, 0.15) is 11.6 Å². The number of methoxy groups -OCH3 is 1. The van der Waals surface area contributed by atoms with Crippen molar-refractivity contribution in [3.05, 3.63) is 48.3 Å². The molecule has 1 N–H and O–H groups in total. The first-order valence-electron chi connectivity index (χ1n) is 8.45. The van der Waals surface area contributed by atoms with Crippen LogP contribution in [0.25, 0.3) is 0 Å². The number of allylic oxidation sites excluding steroid dienone is 1. The van der Waals surface area contributed by atoms with Gasteiger partial charge in [-0.25, -0.2) is 0 Å². The Balaban J connectivity index is 1.64. The summed E-state index contributed by atoms with van der Waals surface area (Å²) in [6, 6.07) is 7.86. The fourth-order valence-electron chi connectivity index (χ4n) is 2.49. The summed E-state index contributed by atoms with van der Waals surface area (Å²) in [5.74, 6) is 2.75. The lowest BCUT2D eigenvalue weighted by molar-refractivity contribution is -0.117. The van der Waals surface area contributed by atoms with Crippen LogP contribution in [0.2, 0.25) is 0 Å². The number of amides is 1. The molecule has 0 spiro atoms. The van der Waals surface area contributed by atoms with Crippen LogP contribution in [0, 0.1) is 0 Å². The molecule has 0 radical (unpaired) electrons. The van der Waals surface area contributed by atoms with Crippen LogP contribution in [-0.4, -0.2) is 51.0 Å². The Hall–Kier alpha value is -2.26. The van der Waals surface area contributed by atoms with Crippen molar-refractivity contribution >= 4 is 34.6 Å². The van der Waals surface area contributed by atoms with Gasteiger partial charge in [-0.1, -0.05) is 41.7 Å². The van der Waals surface area contributed by atoms with E-state index in [4.69, 9.17) is 4.74 Å². The topological polar surface area (TPSA) is 81.4 Å². The van der Waals surface area contributed by atoms with E-state index in [1.807, 2.05) is 28.8 Å². The lowest BCUT2D eigenvalue weighted by Crippen LogP contribution is -2.29. The van der Waals surface area contributed by atoms with Crippen LogP contribution < -0.4 is 10.1 Å². The summed E-state index contributed by atoms with van der Waals surface area (Å²) in [5, 5.41) is 12.8. The number of aromatic nitrogens is 3. The number of nitrogens with zero attached hydrogens (tertiary/aromatic N) is 4. The van der Waals surface area contributed by atoms with Crippen molar-refractivity contribution in [1.29, 1.82) is 0 Å². The first kappa shape index (κ1) is 19.5. The van der Waals surface area contributed by atoms with Gasteiger partial charge in [-0.3, -0.25) is 9.79 Å². The molecule has 0 fully saturated rings. The summed E-state index contributed by atoms with van der Waals surface area (Å²) in [5.41, 5.74) is 1.11. The number of carbonyl (C=O) groups excluding carboxylic acids is 1. The third-order valence-corrected chi connectivity index (χ3v) is 5.65. The van der Waals surface area contributed by atoms with Gasteiger partial charge in [-0.15, -0.1) is 16.8 Å². The SMILES string of the molecule is C=CCn1c(Cc2ccc(OC)cc2)nnc1SCC(=O)NC1=NCCS1. The lowest BCUT2D eigenvalue weighted by atomic mass is 10.1. The number of ether oxygens (including phenoxy) is 1. The molecule has 7 nitrogen and oxygen atoms in total. The molecule has 0 aliphatic carbocycles. The van der Waals surface area contributed by atoms with Crippen molar-refractivity contribution in [2.24, 2.45) is 4.99 Å². The molecule has 1 aromatic carbocycles. The van der Waals surface area contributed by atoms with Crippen LogP contribution in [0.15, 0.2) is 47.1 Å². The normalized spacial score (nSPS) is 13.3. The predicted molar refractivity (Wildman–Crippen MR) is 110 cm³/mol. The number of thioether (sulfide) groups is 2. The molecule has 1 aliphatic heterocycles. The van der Waals surface area contributed by atoms with Gasteiger partial charge in [0.2, 0.25) is 5.91 Å². The smallest absolute Gasteiger partial charge is 0.236 e. The Kier molecular flexibility index (Phi) is 6.94. The van der Waals surface area contributed by atoms with Crippen molar-refractivity contribution in [3.63, 3.8) is 0 Å². The fourth-order valence-corrected chi connectivity index (χ4v) is 4.00. The van der Waals surface area contributed by atoms with Crippen LogP contribution in [0.4, 0.5) is 0 Å². The molecule has 2 heterocycles. The number of rotatable bonds is 8. The maximum Gasteiger partial charge on any atom is 0.236 e. The summed E-state index contributed by atoms with van der Waals surface area (Å²) in [7, 11) is 1.65. The highest BCUT2D eigenvalue weighted by atomic mass is 32.2. The van der Waals surface area contributed by atoms with Crippen LogP contribution in [-0.2, 0) is 17.8 Å². The zero-order valence-corrected chi connectivity index (χ0v) is 16.7. The second-order valence-corrected chi connectivity index (χ2v) is 7.72. The van der Waals surface area contributed by atoms with Crippen LogP contribution in [0.1, 0.15) is 11.4 Å². The standard InChI is InChI=1S/C18H21N5O2S2/c1-3-9-23-15(11-13-4-6-14(25-2)7-5-13)21-22-18(23)27-12-16(24)20-17-19-8-10-26-17/h3-7H,1,8-12H2,2H3,(H,19,20,24). The second kappa shape index (κ2) is 9.61. The number of benzene rings is 1. The molecule has 27 heavy (non-hydrogen) atoms. The molecule has 1 amide bonds. The highest BCUT2D eigenvalue weighted by molar-refractivity contribution is 8.14. The Bertz CT molecular complexity index is 833. The molecule has 1 aliphatic rings. The van der Waals surface area contributed by atoms with E-state index in [1.54, 1.807) is 24.9 Å². The quantitative estimate of drug-likeness (QED) is 0.538. The average molecular weight is 404 g/mol. The lowest BCUT2D eigenvalue weighted by Gasteiger charge is -2.08. The highest BCUT2D eigenvalue weighted by Crippen LogP contribution is 2.20. The minimum absolute atomic E-state index is 0.0852. The largest absolute Gasteiger partial charge is 0.497 e. The Morgan fingerprint density at radius 2 is 2.22 bits per heavy atom. The highest BCUT2D eigenvalue weighted by Gasteiger charge is 2.16. The molecule has 0 saturated heterocycles. The molecule has 9 heteroatoms. The minimum atomic E-state index is -0.0852. The molecule has 0 bridgehead atoms.